The topological polar surface area (TPSA) is 0 Å². The van der Waals surface area contributed by atoms with Gasteiger partial charge in [-0.05, 0) is 24.2 Å². The van der Waals surface area contributed by atoms with Crippen LogP contribution in [0.2, 0.25) is 0 Å². The first-order chi connectivity index (χ1) is 5.70. The third-order valence-corrected chi connectivity index (χ3v) is 3.57. The summed E-state index contributed by atoms with van der Waals surface area (Å²) in [5.41, 5.74) is 0. The third-order valence-electron chi connectivity index (χ3n) is 3.57. The van der Waals surface area contributed by atoms with Crippen molar-refractivity contribution in [2.24, 2.45) is 17.8 Å². The van der Waals surface area contributed by atoms with Crippen molar-refractivity contribution >= 4 is 0 Å². The molecule has 0 heteroatoms. The molecule has 0 unspecified atom stereocenters. The van der Waals surface area contributed by atoms with Gasteiger partial charge in [0.2, 0.25) is 0 Å². The summed E-state index contributed by atoms with van der Waals surface area (Å²) in [7, 11) is 0. The van der Waals surface area contributed by atoms with Crippen LogP contribution in [-0.4, -0.2) is 0 Å². The summed E-state index contributed by atoms with van der Waals surface area (Å²) in [6, 6.07) is 0. The molecule has 1 aliphatic carbocycles. The molecule has 0 saturated heterocycles. The summed E-state index contributed by atoms with van der Waals surface area (Å²) in [6.07, 6.45) is 8.99. The highest BCUT2D eigenvalue weighted by Crippen LogP contribution is 2.31. The van der Waals surface area contributed by atoms with E-state index < -0.39 is 0 Å². The molecule has 1 fully saturated rings. The Balaban J connectivity index is 2.20. The van der Waals surface area contributed by atoms with Gasteiger partial charge in [0.25, 0.3) is 0 Å². The first-order valence-electron chi connectivity index (χ1n) is 5.70. The molecule has 1 saturated carbocycles. The minimum Gasteiger partial charge on any atom is -0.0625 e. The smallest absolute Gasteiger partial charge is 0.0412 e. The summed E-state index contributed by atoms with van der Waals surface area (Å²) in [5.74, 6) is 2.89. The Hall–Kier alpha value is 0. The Morgan fingerprint density at radius 2 is 1.58 bits per heavy atom. The van der Waals surface area contributed by atoms with E-state index in [2.05, 4.69) is 20.8 Å². The van der Waals surface area contributed by atoms with Crippen LogP contribution in [0.3, 0.4) is 0 Å². The molecule has 0 heterocycles. The molecule has 0 aliphatic heterocycles. The SMILES string of the molecule is CC(C)[C@H](C)CC1CCCCC1. The van der Waals surface area contributed by atoms with Crippen LogP contribution >= 0.6 is 0 Å². The molecular weight excluding hydrogens is 144 g/mol. The van der Waals surface area contributed by atoms with Gasteiger partial charge in [-0.15, -0.1) is 0 Å². The van der Waals surface area contributed by atoms with Gasteiger partial charge in [0.05, 0.1) is 0 Å². The lowest BCUT2D eigenvalue weighted by molar-refractivity contribution is 0.261. The van der Waals surface area contributed by atoms with E-state index in [0.29, 0.717) is 0 Å². The lowest BCUT2D eigenvalue weighted by Crippen LogP contribution is -2.13. The van der Waals surface area contributed by atoms with Crippen LogP contribution in [0.25, 0.3) is 0 Å². The zero-order valence-electron chi connectivity index (χ0n) is 8.97. The molecule has 12 heavy (non-hydrogen) atoms. The molecule has 0 aromatic heterocycles. The van der Waals surface area contributed by atoms with E-state index in [4.69, 9.17) is 0 Å². The fraction of sp³-hybridized carbons (Fsp3) is 1.00. The number of hydrogen-bond acceptors (Lipinski definition) is 0. The van der Waals surface area contributed by atoms with Crippen molar-refractivity contribution in [3.63, 3.8) is 0 Å². The molecule has 0 nitrogen and oxygen atoms in total. The van der Waals surface area contributed by atoms with Gasteiger partial charge in [-0.1, -0.05) is 52.9 Å². The molecule has 1 atom stereocenters. The van der Waals surface area contributed by atoms with Crippen LogP contribution < -0.4 is 0 Å². The lowest BCUT2D eigenvalue weighted by atomic mass is 9.80. The van der Waals surface area contributed by atoms with Crippen LogP contribution in [0.15, 0.2) is 0 Å². The van der Waals surface area contributed by atoms with E-state index >= 15 is 0 Å². The first kappa shape index (κ1) is 10.1. The Bertz CT molecular complexity index is 109. The van der Waals surface area contributed by atoms with Gasteiger partial charge in [0.1, 0.15) is 0 Å². The van der Waals surface area contributed by atoms with Gasteiger partial charge in [-0.25, -0.2) is 0 Å². The average Bonchev–Trinajstić information content (AvgIpc) is 2.06. The monoisotopic (exact) mass is 168 g/mol. The van der Waals surface area contributed by atoms with Crippen LogP contribution in [-0.2, 0) is 0 Å². The molecule has 0 bridgehead atoms. The van der Waals surface area contributed by atoms with Gasteiger partial charge in [0.15, 0.2) is 0 Å². The van der Waals surface area contributed by atoms with Gasteiger partial charge >= 0.3 is 0 Å². The van der Waals surface area contributed by atoms with Crippen molar-refractivity contribution in [1.29, 1.82) is 0 Å². The van der Waals surface area contributed by atoms with Crippen molar-refractivity contribution < 1.29 is 0 Å². The maximum atomic E-state index is 2.42. The minimum atomic E-state index is 0.881. The summed E-state index contributed by atoms with van der Waals surface area (Å²) < 4.78 is 0. The Morgan fingerprint density at radius 3 is 2.08 bits per heavy atom. The van der Waals surface area contributed by atoms with Crippen molar-refractivity contribution in [1.82, 2.24) is 0 Å². The first-order valence-corrected chi connectivity index (χ1v) is 5.70. The van der Waals surface area contributed by atoms with Gasteiger partial charge in [-0.2, -0.15) is 0 Å². The largest absolute Gasteiger partial charge is 0.0625 e. The second kappa shape index (κ2) is 4.89. The maximum Gasteiger partial charge on any atom is -0.0412 e. The van der Waals surface area contributed by atoms with Crippen molar-refractivity contribution in [2.45, 2.75) is 59.3 Å². The predicted octanol–water partition coefficient (Wildman–Crippen LogP) is 4.25. The highest BCUT2D eigenvalue weighted by atomic mass is 14.2. The molecule has 72 valence electrons. The fourth-order valence-electron chi connectivity index (χ4n) is 2.22. The number of rotatable bonds is 3. The predicted molar refractivity (Wildman–Crippen MR) is 55.2 cm³/mol. The Kier molecular flexibility index (Phi) is 4.11. The van der Waals surface area contributed by atoms with Crippen LogP contribution in [0.1, 0.15) is 59.3 Å². The van der Waals surface area contributed by atoms with Crippen molar-refractivity contribution in [3.05, 3.63) is 0 Å². The van der Waals surface area contributed by atoms with Gasteiger partial charge < -0.3 is 0 Å². The second-order valence-electron chi connectivity index (χ2n) is 4.96. The maximum absolute atomic E-state index is 2.42. The van der Waals surface area contributed by atoms with E-state index in [1.807, 2.05) is 0 Å². The van der Waals surface area contributed by atoms with E-state index in [1.54, 1.807) is 0 Å². The van der Waals surface area contributed by atoms with Crippen LogP contribution in [0, 0.1) is 17.8 Å². The van der Waals surface area contributed by atoms with E-state index in [0.717, 1.165) is 17.8 Å². The van der Waals surface area contributed by atoms with Crippen LogP contribution in [0.5, 0.6) is 0 Å². The lowest BCUT2D eigenvalue weighted by Gasteiger charge is -2.26. The molecule has 0 radical (unpaired) electrons. The zero-order chi connectivity index (χ0) is 8.97. The normalized spacial score (nSPS) is 23.0. The highest BCUT2D eigenvalue weighted by molar-refractivity contribution is 4.69. The standard InChI is InChI=1S/C12H24/c1-10(2)11(3)9-12-7-5-4-6-8-12/h10-12H,4-9H2,1-3H3/t11-/m1/s1. The molecule has 0 amide bonds. The molecule has 0 N–H and O–H groups in total. The summed E-state index contributed by atoms with van der Waals surface area (Å²) in [5, 5.41) is 0. The van der Waals surface area contributed by atoms with E-state index in [1.165, 1.54) is 38.5 Å². The average molecular weight is 168 g/mol. The zero-order valence-corrected chi connectivity index (χ0v) is 8.97. The molecule has 0 spiro atoms. The van der Waals surface area contributed by atoms with E-state index in [-0.39, 0.29) is 0 Å². The molecular formula is C12H24. The summed E-state index contributed by atoms with van der Waals surface area (Å²) in [4.78, 5) is 0. The number of hydrogen-bond donors (Lipinski definition) is 0. The molecule has 0 aromatic rings. The molecule has 1 aliphatic rings. The van der Waals surface area contributed by atoms with Gasteiger partial charge in [-0.3, -0.25) is 0 Å². The molecule has 0 aromatic carbocycles. The fourth-order valence-corrected chi connectivity index (χ4v) is 2.22. The quantitative estimate of drug-likeness (QED) is 0.591. The minimum absolute atomic E-state index is 0.881. The van der Waals surface area contributed by atoms with Crippen LogP contribution in [0.4, 0.5) is 0 Å². The Morgan fingerprint density at radius 1 is 1.00 bits per heavy atom. The third kappa shape index (κ3) is 3.16. The van der Waals surface area contributed by atoms with Crippen molar-refractivity contribution in [2.75, 3.05) is 0 Å². The summed E-state index contributed by atoms with van der Waals surface area (Å²) >= 11 is 0. The van der Waals surface area contributed by atoms with Gasteiger partial charge in [0, 0.05) is 0 Å². The summed E-state index contributed by atoms with van der Waals surface area (Å²) in [6.45, 7) is 7.13. The van der Waals surface area contributed by atoms with E-state index in [9.17, 15) is 0 Å². The Labute approximate surface area is 77.7 Å². The molecule has 1 rings (SSSR count). The second-order valence-corrected chi connectivity index (χ2v) is 4.96. The van der Waals surface area contributed by atoms with Crippen molar-refractivity contribution in [3.8, 4) is 0 Å². The highest BCUT2D eigenvalue weighted by Gasteiger charge is 2.17.